The van der Waals surface area contributed by atoms with Crippen LogP contribution in [0.5, 0.6) is 5.75 Å². The maximum absolute atomic E-state index is 13.2. The third kappa shape index (κ3) is 8.26. The van der Waals surface area contributed by atoms with Crippen molar-refractivity contribution < 1.29 is 28.6 Å². The third-order valence-corrected chi connectivity index (χ3v) is 5.27. The first-order valence-corrected chi connectivity index (χ1v) is 11.1. The Morgan fingerprint density at radius 3 is 1.94 bits per heavy atom. The van der Waals surface area contributed by atoms with Gasteiger partial charge in [0.25, 0.3) is 0 Å². The fraction of sp³-hybridized carbons (Fsp3) is 0.222. The molecule has 8 heteroatoms. The molecule has 0 radical (unpaired) electrons. The number of ether oxygens (including phenoxy) is 1. The highest BCUT2D eigenvalue weighted by molar-refractivity contribution is 5.90. The van der Waals surface area contributed by atoms with Crippen molar-refractivity contribution in [2.24, 2.45) is 0 Å². The number of amides is 2. The second-order valence-electron chi connectivity index (χ2n) is 8.11. The lowest BCUT2D eigenvalue weighted by atomic mass is 10.0. The number of hydrogen-bond donors (Lipinski definition) is 3. The lowest BCUT2D eigenvalue weighted by Crippen LogP contribution is -2.52. The Balaban J connectivity index is 1.62. The van der Waals surface area contributed by atoms with Crippen molar-refractivity contribution in [3.8, 4) is 5.75 Å². The van der Waals surface area contributed by atoms with E-state index in [9.17, 15) is 23.9 Å². The van der Waals surface area contributed by atoms with E-state index in [2.05, 4.69) is 10.6 Å². The van der Waals surface area contributed by atoms with Crippen molar-refractivity contribution in [2.45, 2.75) is 38.5 Å². The molecule has 0 aliphatic heterocycles. The van der Waals surface area contributed by atoms with Crippen molar-refractivity contribution in [3.63, 3.8) is 0 Å². The molecule has 0 aliphatic rings. The highest BCUT2D eigenvalue weighted by Crippen LogP contribution is 2.16. The third-order valence-electron chi connectivity index (χ3n) is 5.27. The monoisotopic (exact) mass is 478 g/mol. The first-order valence-electron chi connectivity index (χ1n) is 11.1. The molecule has 182 valence electrons. The van der Waals surface area contributed by atoms with E-state index in [0.29, 0.717) is 23.5 Å². The van der Waals surface area contributed by atoms with E-state index in [-0.39, 0.29) is 12.8 Å². The maximum atomic E-state index is 13.2. The SMILES string of the molecule is CC(=O)N[C@H](Cc1ccc(F)cc1)C(=O)N[C@@H](Cc1ccc(OCc2ccccc2)cc1)C(=O)O. The average molecular weight is 479 g/mol. The molecular formula is C27H27FN2O5. The van der Waals surface area contributed by atoms with Crippen LogP contribution in [0.1, 0.15) is 23.6 Å². The molecule has 2 atom stereocenters. The van der Waals surface area contributed by atoms with Gasteiger partial charge in [0.15, 0.2) is 0 Å². The Kier molecular flexibility index (Phi) is 8.95. The van der Waals surface area contributed by atoms with Gasteiger partial charge >= 0.3 is 5.97 Å². The summed E-state index contributed by atoms with van der Waals surface area (Å²) in [5.74, 6) is -2.06. The topological polar surface area (TPSA) is 105 Å². The molecule has 0 heterocycles. The highest BCUT2D eigenvalue weighted by Gasteiger charge is 2.26. The Morgan fingerprint density at radius 1 is 0.800 bits per heavy atom. The van der Waals surface area contributed by atoms with E-state index in [1.165, 1.54) is 31.2 Å². The summed E-state index contributed by atoms with van der Waals surface area (Å²) in [4.78, 5) is 36.3. The fourth-order valence-electron chi connectivity index (χ4n) is 3.48. The molecular weight excluding hydrogens is 451 g/mol. The molecule has 3 aromatic rings. The van der Waals surface area contributed by atoms with Crippen molar-refractivity contribution in [1.82, 2.24) is 10.6 Å². The number of carboxylic acids is 1. The van der Waals surface area contributed by atoms with Crippen LogP contribution in [0.2, 0.25) is 0 Å². The van der Waals surface area contributed by atoms with Crippen molar-refractivity contribution in [2.75, 3.05) is 0 Å². The van der Waals surface area contributed by atoms with Gasteiger partial charge in [0.2, 0.25) is 11.8 Å². The number of carboxylic acid groups (broad SMARTS) is 1. The maximum Gasteiger partial charge on any atom is 0.326 e. The lowest BCUT2D eigenvalue weighted by molar-refractivity contribution is -0.142. The minimum absolute atomic E-state index is 0.0450. The summed E-state index contributed by atoms with van der Waals surface area (Å²) in [5.41, 5.74) is 2.34. The number of benzene rings is 3. The van der Waals surface area contributed by atoms with Crippen molar-refractivity contribution in [3.05, 3.63) is 101 Å². The van der Waals surface area contributed by atoms with Gasteiger partial charge < -0.3 is 20.5 Å². The van der Waals surface area contributed by atoms with Gasteiger partial charge in [0.1, 0.15) is 30.3 Å². The predicted molar refractivity (Wildman–Crippen MR) is 128 cm³/mol. The smallest absolute Gasteiger partial charge is 0.326 e. The van der Waals surface area contributed by atoms with Crippen LogP contribution in [-0.4, -0.2) is 35.0 Å². The summed E-state index contributed by atoms with van der Waals surface area (Å²) in [6.07, 6.45) is 0.134. The summed E-state index contributed by atoms with van der Waals surface area (Å²) < 4.78 is 18.9. The molecule has 0 aromatic heterocycles. The summed E-state index contributed by atoms with van der Waals surface area (Å²) >= 11 is 0. The zero-order valence-electron chi connectivity index (χ0n) is 19.2. The van der Waals surface area contributed by atoms with Crippen LogP contribution in [0.3, 0.4) is 0 Å². The number of rotatable bonds is 11. The van der Waals surface area contributed by atoms with Gasteiger partial charge in [0.05, 0.1) is 0 Å². The molecule has 0 unspecified atom stereocenters. The number of carbonyl (C=O) groups is 3. The van der Waals surface area contributed by atoms with Gasteiger partial charge in [-0.2, -0.15) is 0 Å². The molecule has 0 saturated carbocycles. The second kappa shape index (κ2) is 12.3. The summed E-state index contributed by atoms with van der Waals surface area (Å²) in [6.45, 7) is 1.67. The largest absolute Gasteiger partial charge is 0.489 e. The molecule has 0 bridgehead atoms. The minimum atomic E-state index is -1.21. The van der Waals surface area contributed by atoms with Gasteiger partial charge in [-0.15, -0.1) is 0 Å². The van der Waals surface area contributed by atoms with E-state index in [1.807, 2.05) is 30.3 Å². The molecule has 35 heavy (non-hydrogen) atoms. The molecule has 7 nitrogen and oxygen atoms in total. The van der Waals surface area contributed by atoms with Crippen LogP contribution < -0.4 is 15.4 Å². The number of hydrogen-bond acceptors (Lipinski definition) is 4. The first kappa shape index (κ1) is 25.4. The zero-order chi connectivity index (χ0) is 25.2. The standard InChI is InChI=1S/C27H27FN2O5/c1-18(31)29-24(15-19-7-11-22(28)12-8-19)26(32)30-25(27(33)34)16-20-9-13-23(14-10-20)35-17-21-5-3-2-4-6-21/h2-14,24-25H,15-17H2,1H3,(H,29,31)(H,30,32)(H,33,34)/t24-,25+/m1/s1. The Hall–Kier alpha value is -4.20. The quantitative estimate of drug-likeness (QED) is 0.392. The van der Waals surface area contributed by atoms with E-state index in [0.717, 1.165) is 5.56 Å². The van der Waals surface area contributed by atoms with Crippen LogP contribution >= 0.6 is 0 Å². The lowest BCUT2D eigenvalue weighted by Gasteiger charge is -2.21. The predicted octanol–water partition coefficient (Wildman–Crippen LogP) is 3.26. The first-order chi connectivity index (χ1) is 16.8. The van der Waals surface area contributed by atoms with Crippen LogP contribution in [-0.2, 0) is 33.8 Å². The number of aliphatic carboxylic acids is 1. The molecule has 2 amide bonds. The van der Waals surface area contributed by atoms with Gasteiger partial charge in [-0.1, -0.05) is 54.6 Å². The number of carbonyl (C=O) groups excluding carboxylic acids is 2. The van der Waals surface area contributed by atoms with Crippen molar-refractivity contribution in [1.29, 1.82) is 0 Å². The van der Waals surface area contributed by atoms with Crippen LogP contribution in [0, 0.1) is 5.82 Å². The van der Waals surface area contributed by atoms with Gasteiger partial charge in [-0.3, -0.25) is 9.59 Å². The second-order valence-corrected chi connectivity index (χ2v) is 8.11. The van der Waals surface area contributed by atoms with E-state index < -0.39 is 35.7 Å². The fourth-order valence-corrected chi connectivity index (χ4v) is 3.48. The van der Waals surface area contributed by atoms with Crippen LogP contribution in [0.15, 0.2) is 78.9 Å². The summed E-state index contributed by atoms with van der Waals surface area (Å²) in [6, 6.07) is 20.0. The highest BCUT2D eigenvalue weighted by atomic mass is 19.1. The van der Waals surface area contributed by atoms with Crippen LogP contribution in [0.25, 0.3) is 0 Å². The molecule has 3 rings (SSSR count). The molecule has 3 aromatic carbocycles. The molecule has 0 saturated heterocycles. The average Bonchev–Trinajstić information content (AvgIpc) is 2.84. The summed E-state index contributed by atoms with van der Waals surface area (Å²) in [5, 5.41) is 14.7. The van der Waals surface area contributed by atoms with Crippen molar-refractivity contribution >= 4 is 17.8 Å². The molecule has 0 spiro atoms. The Morgan fingerprint density at radius 2 is 1.37 bits per heavy atom. The summed E-state index contributed by atoms with van der Waals surface area (Å²) in [7, 11) is 0. The van der Waals surface area contributed by atoms with E-state index in [1.54, 1.807) is 24.3 Å². The molecule has 0 aliphatic carbocycles. The van der Waals surface area contributed by atoms with Gasteiger partial charge in [-0.25, -0.2) is 9.18 Å². The van der Waals surface area contributed by atoms with E-state index in [4.69, 9.17) is 4.74 Å². The molecule has 0 fully saturated rings. The molecule has 3 N–H and O–H groups in total. The zero-order valence-corrected chi connectivity index (χ0v) is 19.2. The van der Waals surface area contributed by atoms with Gasteiger partial charge in [-0.05, 0) is 41.0 Å². The number of nitrogens with one attached hydrogen (secondary N) is 2. The van der Waals surface area contributed by atoms with Gasteiger partial charge in [0, 0.05) is 19.8 Å². The van der Waals surface area contributed by atoms with Crippen LogP contribution in [0.4, 0.5) is 4.39 Å². The van der Waals surface area contributed by atoms with E-state index >= 15 is 0 Å². The Bertz CT molecular complexity index is 1130. The Labute approximate surface area is 202 Å². The normalized spacial score (nSPS) is 12.3. The minimum Gasteiger partial charge on any atom is -0.489 e. The number of halogens is 1.